The number of aliphatic hydroxyl groups excluding tert-OH is 2. The average molecular weight is 300 g/mol. The highest BCUT2D eigenvalue weighted by Crippen LogP contribution is 2.27. The number of benzene rings is 2. The second kappa shape index (κ2) is 11.0. The van der Waals surface area contributed by atoms with Crippen LogP contribution >= 0.6 is 0 Å². The molecule has 2 unspecified atom stereocenters. The third-order valence-corrected chi connectivity index (χ3v) is 3.54. The lowest BCUT2D eigenvalue weighted by Gasteiger charge is -2.18. The number of aliphatic hydroxyl groups is 2. The maximum atomic E-state index is 9.99. The normalized spacial score (nSPS) is 12.9. The first-order chi connectivity index (χ1) is 10.7. The molecule has 0 amide bonds. The van der Waals surface area contributed by atoms with E-state index < -0.39 is 12.2 Å². The van der Waals surface area contributed by atoms with Crippen LogP contribution < -0.4 is 0 Å². The second-order valence-electron chi connectivity index (χ2n) is 5.42. The van der Waals surface area contributed by atoms with Crippen molar-refractivity contribution in [2.75, 3.05) is 0 Å². The van der Waals surface area contributed by atoms with Crippen molar-refractivity contribution < 1.29 is 10.2 Å². The highest BCUT2D eigenvalue weighted by atomic mass is 16.3. The zero-order valence-electron chi connectivity index (χ0n) is 13.7. The largest absolute Gasteiger partial charge is 0.385 e. The van der Waals surface area contributed by atoms with Gasteiger partial charge in [0.1, 0.15) is 12.2 Å². The molecule has 0 aliphatic heterocycles. The van der Waals surface area contributed by atoms with Crippen LogP contribution in [0.5, 0.6) is 0 Å². The lowest BCUT2D eigenvalue weighted by molar-refractivity contribution is 0.0172. The van der Waals surface area contributed by atoms with Gasteiger partial charge in [0.15, 0.2) is 0 Å². The van der Waals surface area contributed by atoms with Crippen molar-refractivity contribution in [1.29, 1.82) is 0 Å². The van der Waals surface area contributed by atoms with Gasteiger partial charge in [0.05, 0.1) is 0 Å². The van der Waals surface area contributed by atoms with E-state index in [0.717, 1.165) is 11.1 Å². The van der Waals surface area contributed by atoms with Crippen molar-refractivity contribution in [1.82, 2.24) is 0 Å². The van der Waals surface area contributed by atoms with Crippen molar-refractivity contribution in [2.45, 2.75) is 51.7 Å². The minimum atomic E-state index is -0.886. The summed E-state index contributed by atoms with van der Waals surface area (Å²) in [6, 6.07) is 18.3. The van der Waals surface area contributed by atoms with E-state index in [-0.39, 0.29) is 0 Å². The zero-order chi connectivity index (χ0) is 16.2. The Kier molecular flexibility index (Phi) is 9.20. The second-order valence-corrected chi connectivity index (χ2v) is 5.42. The maximum absolute atomic E-state index is 9.99. The summed E-state index contributed by atoms with van der Waals surface area (Å²) in [7, 11) is 0. The Morgan fingerprint density at radius 1 is 0.636 bits per heavy atom. The first-order valence-corrected chi connectivity index (χ1v) is 8.16. The first-order valence-electron chi connectivity index (χ1n) is 8.16. The Morgan fingerprint density at radius 3 is 1.23 bits per heavy atom. The smallest absolute Gasteiger partial charge is 0.109 e. The molecule has 0 aliphatic rings. The van der Waals surface area contributed by atoms with Crippen LogP contribution in [0.15, 0.2) is 60.7 Å². The standard InChI is InChI=1S/C14H14O2.C6H14/c15-13(11-7-3-1-4-8-11)14(16)12-9-5-2-6-10-12;1-3-5-6-4-2/h1-10,13-16H;3-6H2,1-2H3. The fraction of sp³-hybridized carbons (Fsp3) is 0.400. The number of rotatable bonds is 6. The maximum Gasteiger partial charge on any atom is 0.109 e. The van der Waals surface area contributed by atoms with Gasteiger partial charge in [-0.25, -0.2) is 0 Å². The van der Waals surface area contributed by atoms with Crippen LogP contribution in [0.3, 0.4) is 0 Å². The van der Waals surface area contributed by atoms with Gasteiger partial charge in [0.2, 0.25) is 0 Å². The summed E-state index contributed by atoms with van der Waals surface area (Å²) in [6.07, 6.45) is 3.77. The van der Waals surface area contributed by atoms with Gasteiger partial charge in [-0.1, -0.05) is 100 Å². The van der Waals surface area contributed by atoms with Gasteiger partial charge in [0.25, 0.3) is 0 Å². The van der Waals surface area contributed by atoms with E-state index in [0.29, 0.717) is 0 Å². The molecule has 0 fully saturated rings. The molecule has 0 radical (unpaired) electrons. The SMILES string of the molecule is CCCCCC.OC(c1ccccc1)C(O)c1ccccc1. The Balaban J connectivity index is 0.000000346. The van der Waals surface area contributed by atoms with Crippen LogP contribution in [0.2, 0.25) is 0 Å². The molecule has 22 heavy (non-hydrogen) atoms. The molecule has 120 valence electrons. The van der Waals surface area contributed by atoms with E-state index in [4.69, 9.17) is 0 Å². The molecule has 2 heteroatoms. The minimum Gasteiger partial charge on any atom is -0.385 e. The summed E-state index contributed by atoms with van der Waals surface area (Å²) < 4.78 is 0. The molecule has 2 atom stereocenters. The van der Waals surface area contributed by atoms with E-state index in [1.807, 2.05) is 36.4 Å². The molecule has 0 bridgehead atoms. The lowest BCUT2D eigenvalue weighted by atomic mass is 9.99. The molecule has 2 rings (SSSR count). The summed E-state index contributed by atoms with van der Waals surface area (Å²) in [4.78, 5) is 0. The summed E-state index contributed by atoms with van der Waals surface area (Å²) in [5, 5.41) is 20.0. The van der Waals surface area contributed by atoms with Gasteiger partial charge in [-0.3, -0.25) is 0 Å². The van der Waals surface area contributed by atoms with Gasteiger partial charge in [-0.15, -0.1) is 0 Å². The molecule has 2 nitrogen and oxygen atoms in total. The molecule has 2 aromatic rings. The van der Waals surface area contributed by atoms with Gasteiger partial charge in [-0.2, -0.15) is 0 Å². The van der Waals surface area contributed by atoms with Crippen molar-refractivity contribution in [3.05, 3.63) is 71.8 Å². The van der Waals surface area contributed by atoms with Crippen molar-refractivity contribution >= 4 is 0 Å². The molecule has 0 saturated heterocycles. The Labute approximate surface area is 134 Å². The van der Waals surface area contributed by atoms with Crippen molar-refractivity contribution in [2.24, 2.45) is 0 Å². The molecule has 0 aromatic heterocycles. The predicted octanol–water partition coefficient (Wildman–Crippen LogP) is 5.04. The van der Waals surface area contributed by atoms with Crippen LogP contribution in [0.25, 0.3) is 0 Å². The van der Waals surface area contributed by atoms with Crippen LogP contribution in [-0.4, -0.2) is 10.2 Å². The van der Waals surface area contributed by atoms with Crippen molar-refractivity contribution in [3.8, 4) is 0 Å². The topological polar surface area (TPSA) is 40.5 Å². The first kappa shape index (κ1) is 18.4. The van der Waals surface area contributed by atoms with E-state index >= 15 is 0 Å². The summed E-state index contributed by atoms with van der Waals surface area (Å²) >= 11 is 0. The van der Waals surface area contributed by atoms with Crippen LogP contribution in [0, 0.1) is 0 Å². The lowest BCUT2D eigenvalue weighted by Crippen LogP contribution is -2.09. The molecule has 0 aliphatic carbocycles. The summed E-state index contributed by atoms with van der Waals surface area (Å²) in [5.41, 5.74) is 1.44. The number of hydrogen-bond acceptors (Lipinski definition) is 2. The third-order valence-electron chi connectivity index (χ3n) is 3.54. The number of hydrogen-bond donors (Lipinski definition) is 2. The van der Waals surface area contributed by atoms with Gasteiger partial charge >= 0.3 is 0 Å². The fourth-order valence-corrected chi connectivity index (χ4v) is 2.17. The molecule has 0 saturated carbocycles. The van der Waals surface area contributed by atoms with Gasteiger partial charge in [0, 0.05) is 0 Å². The number of unbranched alkanes of at least 4 members (excludes halogenated alkanes) is 3. The highest BCUT2D eigenvalue weighted by molar-refractivity contribution is 5.24. The van der Waals surface area contributed by atoms with Crippen LogP contribution in [-0.2, 0) is 0 Å². The highest BCUT2D eigenvalue weighted by Gasteiger charge is 2.19. The molecule has 0 spiro atoms. The molecule has 2 aromatic carbocycles. The summed E-state index contributed by atoms with van der Waals surface area (Å²) in [6.45, 7) is 4.46. The van der Waals surface area contributed by atoms with Gasteiger partial charge < -0.3 is 10.2 Å². The molecular formula is C20H28O2. The van der Waals surface area contributed by atoms with Crippen molar-refractivity contribution in [3.63, 3.8) is 0 Å². The van der Waals surface area contributed by atoms with E-state index in [9.17, 15) is 10.2 Å². The van der Waals surface area contributed by atoms with E-state index in [2.05, 4.69) is 13.8 Å². The summed E-state index contributed by atoms with van der Waals surface area (Å²) in [5.74, 6) is 0. The minimum absolute atomic E-state index is 0.721. The molecule has 2 N–H and O–H groups in total. The Bertz CT molecular complexity index is 434. The van der Waals surface area contributed by atoms with E-state index in [1.165, 1.54) is 25.7 Å². The van der Waals surface area contributed by atoms with Crippen LogP contribution in [0.4, 0.5) is 0 Å². The Morgan fingerprint density at radius 2 is 0.955 bits per heavy atom. The predicted molar refractivity (Wildman–Crippen MR) is 92.6 cm³/mol. The Hall–Kier alpha value is -1.64. The van der Waals surface area contributed by atoms with E-state index in [1.54, 1.807) is 24.3 Å². The van der Waals surface area contributed by atoms with Gasteiger partial charge in [-0.05, 0) is 11.1 Å². The fourth-order valence-electron chi connectivity index (χ4n) is 2.17. The average Bonchev–Trinajstić information content (AvgIpc) is 2.60. The molecule has 0 heterocycles. The zero-order valence-corrected chi connectivity index (χ0v) is 13.7. The van der Waals surface area contributed by atoms with Crippen LogP contribution in [0.1, 0.15) is 62.9 Å². The quantitative estimate of drug-likeness (QED) is 0.734. The molecular weight excluding hydrogens is 272 g/mol. The monoisotopic (exact) mass is 300 g/mol. The third kappa shape index (κ3) is 6.42.